The number of nitrogens with two attached hydrogens (primary N) is 1. The molecule has 0 radical (unpaired) electrons. The standard InChI is InChI=1S/C11H15BrN4S/c1-6-4-9(17-7(6)2)10(15-13)11-8(12)5-14-16(11)3/h4-5,10,15H,13H2,1-3H3. The van der Waals surface area contributed by atoms with Crippen LogP contribution in [0.4, 0.5) is 0 Å². The van der Waals surface area contributed by atoms with Gasteiger partial charge in [-0.1, -0.05) is 0 Å². The van der Waals surface area contributed by atoms with Crippen LogP contribution < -0.4 is 11.3 Å². The molecule has 0 saturated heterocycles. The Hall–Kier alpha value is -0.690. The molecule has 0 aromatic carbocycles. The van der Waals surface area contributed by atoms with Gasteiger partial charge in [0.2, 0.25) is 0 Å². The van der Waals surface area contributed by atoms with Crippen LogP contribution in [0.2, 0.25) is 0 Å². The lowest BCUT2D eigenvalue weighted by Crippen LogP contribution is -2.30. The summed E-state index contributed by atoms with van der Waals surface area (Å²) in [5, 5.41) is 4.22. The quantitative estimate of drug-likeness (QED) is 0.675. The van der Waals surface area contributed by atoms with Crippen molar-refractivity contribution in [2.24, 2.45) is 12.9 Å². The van der Waals surface area contributed by atoms with Gasteiger partial charge in [0.05, 0.1) is 22.4 Å². The van der Waals surface area contributed by atoms with Crippen molar-refractivity contribution in [1.29, 1.82) is 0 Å². The maximum atomic E-state index is 5.69. The number of hydrogen-bond donors (Lipinski definition) is 2. The van der Waals surface area contributed by atoms with E-state index in [-0.39, 0.29) is 6.04 Å². The number of nitrogens with zero attached hydrogens (tertiary/aromatic N) is 2. The average Bonchev–Trinajstić information content (AvgIpc) is 2.77. The lowest BCUT2D eigenvalue weighted by molar-refractivity contribution is 0.580. The minimum Gasteiger partial charge on any atom is -0.270 e. The van der Waals surface area contributed by atoms with E-state index >= 15 is 0 Å². The first-order chi connectivity index (χ1) is 8.04. The monoisotopic (exact) mass is 314 g/mol. The first-order valence-corrected chi connectivity index (χ1v) is 6.86. The summed E-state index contributed by atoms with van der Waals surface area (Å²) in [6.07, 6.45) is 1.78. The van der Waals surface area contributed by atoms with Crippen LogP contribution in [0.5, 0.6) is 0 Å². The second kappa shape index (κ2) is 4.89. The Kier molecular flexibility index (Phi) is 3.67. The zero-order valence-corrected chi connectivity index (χ0v) is 12.4. The Morgan fingerprint density at radius 3 is 2.65 bits per heavy atom. The third kappa shape index (κ3) is 2.30. The van der Waals surface area contributed by atoms with Crippen LogP contribution in [-0.4, -0.2) is 9.78 Å². The normalized spacial score (nSPS) is 13.0. The van der Waals surface area contributed by atoms with Crippen molar-refractivity contribution in [1.82, 2.24) is 15.2 Å². The van der Waals surface area contributed by atoms with Crippen molar-refractivity contribution < 1.29 is 0 Å². The Morgan fingerprint density at radius 1 is 1.53 bits per heavy atom. The van der Waals surface area contributed by atoms with Gasteiger partial charge in [0.15, 0.2) is 0 Å². The minimum absolute atomic E-state index is 0.0331. The summed E-state index contributed by atoms with van der Waals surface area (Å²) in [4.78, 5) is 2.52. The highest BCUT2D eigenvalue weighted by Crippen LogP contribution is 2.33. The van der Waals surface area contributed by atoms with Gasteiger partial charge in [-0.25, -0.2) is 5.43 Å². The summed E-state index contributed by atoms with van der Waals surface area (Å²) in [6.45, 7) is 4.23. The molecule has 0 amide bonds. The molecule has 6 heteroatoms. The van der Waals surface area contributed by atoms with E-state index in [0.29, 0.717) is 0 Å². The molecule has 0 fully saturated rings. The van der Waals surface area contributed by atoms with E-state index in [9.17, 15) is 0 Å². The molecule has 0 aliphatic heterocycles. The van der Waals surface area contributed by atoms with Gasteiger partial charge in [0.25, 0.3) is 0 Å². The predicted octanol–water partition coefficient (Wildman–Crippen LogP) is 2.41. The molecule has 17 heavy (non-hydrogen) atoms. The zero-order valence-electron chi connectivity index (χ0n) is 9.99. The molecular weight excluding hydrogens is 300 g/mol. The minimum atomic E-state index is -0.0331. The molecule has 0 bridgehead atoms. The van der Waals surface area contributed by atoms with E-state index in [0.717, 1.165) is 10.2 Å². The summed E-state index contributed by atoms with van der Waals surface area (Å²) < 4.78 is 2.80. The zero-order chi connectivity index (χ0) is 12.6. The van der Waals surface area contributed by atoms with Crippen LogP contribution in [-0.2, 0) is 7.05 Å². The van der Waals surface area contributed by atoms with Crippen molar-refractivity contribution in [3.05, 3.63) is 37.7 Å². The number of halogens is 1. The van der Waals surface area contributed by atoms with Crippen LogP contribution in [0.3, 0.4) is 0 Å². The largest absolute Gasteiger partial charge is 0.270 e. The lowest BCUT2D eigenvalue weighted by atomic mass is 10.1. The Balaban J connectivity index is 2.47. The average molecular weight is 315 g/mol. The van der Waals surface area contributed by atoms with Crippen LogP contribution >= 0.6 is 27.3 Å². The van der Waals surface area contributed by atoms with Gasteiger partial charge in [-0.15, -0.1) is 11.3 Å². The van der Waals surface area contributed by atoms with Crippen molar-refractivity contribution in [2.45, 2.75) is 19.9 Å². The van der Waals surface area contributed by atoms with Gasteiger partial charge >= 0.3 is 0 Å². The molecule has 0 saturated carbocycles. The third-order valence-corrected chi connectivity index (χ3v) is 4.68. The molecule has 3 N–H and O–H groups in total. The highest BCUT2D eigenvalue weighted by molar-refractivity contribution is 9.10. The molecule has 4 nitrogen and oxygen atoms in total. The molecule has 2 rings (SSSR count). The maximum Gasteiger partial charge on any atom is 0.0981 e. The number of thiophene rings is 1. The van der Waals surface area contributed by atoms with E-state index in [1.807, 2.05) is 11.7 Å². The fourth-order valence-electron chi connectivity index (χ4n) is 1.78. The Labute approximate surface area is 113 Å². The smallest absolute Gasteiger partial charge is 0.0981 e. The summed E-state index contributed by atoms with van der Waals surface area (Å²) in [7, 11) is 1.91. The van der Waals surface area contributed by atoms with Gasteiger partial charge in [-0.3, -0.25) is 10.5 Å². The van der Waals surface area contributed by atoms with Gasteiger partial charge in [-0.2, -0.15) is 5.10 Å². The summed E-state index contributed by atoms with van der Waals surface area (Å²) in [5.74, 6) is 5.69. The molecule has 0 aliphatic carbocycles. The van der Waals surface area contributed by atoms with Crippen LogP contribution in [0.25, 0.3) is 0 Å². The molecule has 2 aromatic heterocycles. The highest BCUT2D eigenvalue weighted by Gasteiger charge is 2.21. The molecule has 0 aliphatic rings. The molecule has 2 heterocycles. The number of aromatic nitrogens is 2. The highest BCUT2D eigenvalue weighted by atomic mass is 79.9. The second-order valence-corrected chi connectivity index (χ2v) is 6.13. The SMILES string of the molecule is Cc1cc(C(NN)c2c(Br)cnn2C)sc1C. The molecule has 0 spiro atoms. The number of hydrogen-bond acceptors (Lipinski definition) is 4. The molecule has 2 aromatic rings. The van der Waals surface area contributed by atoms with Gasteiger partial charge in [0.1, 0.15) is 0 Å². The Bertz CT molecular complexity index is 493. The topological polar surface area (TPSA) is 55.9 Å². The van der Waals surface area contributed by atoms with Crippen LogP contribution in [0, 0.1) is 13.8 Å². The van der Waals surface area contributed by atoms with Crippen LogP contribution in [0.15, 0.2) is 16.7 Å². The van der Waals surface area contributed by atoms with E-state index in [1.165, 1.54) is 15.3 Å². The van der Waals surface area contributed by atoms with Gasteiger partial charge in [0, 0.05) is 16.8 Å². The van der Waals surface area contributed by atoms with E-state index < -0.39 is 0 Å². The lowest BCUT2D eigenvalue weighted by Gasteiger charge is -2.15. The summed E-state index contributed by atoms with van der Waals surface area (Å²) in [6, 6.07) is 2.14. The van der Waals surface area contributed by atoms with Crippen molar-refractivity contribution >= 4 is 27.3 Å². The molecule has 92 valence electrons. The third-order valence-electron chi connectivity index (χ3n) is 2.85. The fraction of sp³-hybridized carbons (Fsp3) is 0.364. The van der Waals surface area contributed by atoms with Gasteiger partial charge < -0.3 is 0 Å². The number of rotatable bonds is 3. The second-order valence-electron chi connectivity index (χ2n) is 3.99. The van der Waals surface area contributed by atoms with E-state index in [2.05, 4.69) is 46.4 Å². The number of aryl methyl sites for hydroxylation is 3. The molecule has 1 unspecified atom stereocenters. The first-order valence-electron chi connectivity index (χ1n) is 5.25. The van der Waals surface area contributed by atoms with Crippen molar-refractivity contribution in [2.75, 3.05) is 0 Å². The number of hydrazine groups is 1. The molecule has 1 atom stereocenters. The van der Waals surface area contributed by atoms with Gasteiger partial charge in [-0.05, 0) is 41.4 Å². The summed E-state index contributed by atoms with van der Waals surface area (Å²) in [5.41, 5.74) is 5.19. The maximum absolute atomic E-state index is 5.69. The van der Waals surface area contributed by atoms with E-state index in [4.69, 9.17) is 5.84 Å². The summed E-state index contributed by atoms with van der Waals surface area (Å²) >= 11 is 5.27. The Morgan fingerprint density at radius 2 is 2.24 bits per heavy atom. The van der Waals surface area contributed by atoms with Crippen molar-refractivity contribution in [3.8, 4) is 0 Å². The molecular formula is C11H15BrN4S. The fourth-order valence-corrected chi connectivity index (χ4v) is 3.47. The van der Waals surface area contributed by atoms with E-state index in [1.54, 1.807) is 17.5 Å². The first kappa shape index (κ1) is 12.8. The predicted molar refractivity (Wildman–Crippen MR) is 73.9 cm³/mol. The number of nitrogens with one attached hydrogen (secondary N) is 1. The van der Waals surface area contributed by atoms with Crippen molar-refractivity contribution in [3.63, 3.8) is 0 Å². The van der Waals surface area contributed by atoms with Crippen LogP contribution in [0.1, 0.15) is 27.1 Å².